The number of aliphatic hydroxyl groups is 1. The van der Waals surface area contributed by atoms with Crippen LogP contribution in [0.15, 0.2) is 59.2 Å². The third-order valence-corrected chi connectivity index (χ3v) is 3.52. The largest absolute Gasteiger partial charge is 0.382 e. The molecule has 0 radical (unpaired) electrons. The average Bonchev–Trinajstić information content (AvgIpc) is 3.00. The van der Waals surface area contributed by atoms with Gasteiger partial charge in [-0.1, -0.05) is 34.1 Å². The van der Waals surface area contributed by atoms with E-state index in [1.54, 1.807) is 6.07 Å². The molecule has 1 unspecified atom stereocenters. The molecule has 0 aliphatic rings. The lowest BCUT2D eigenvalue weighted by atomic mass is 10.1. The predicted molar refractivity (Wildman–Crippen MR) is 79.5 cm³/mol. The van der Waals surface area contributed by atoms with Crippen LogP contribution in [0.1, 0.15) is 17.4 Å². The highest BCUT2D eigenvalue weighted by Crippen LogP contribution is 2.25. The Labute approximate surface area is 129 Å². The van der Waals surface area contributed by atoms with Crippen molar-refractivity contribution in [2.45, 2.75) is 6.10 Å². The van der Waals surface area contributed by atoms with E-state index in [9.17, 15) is 9.50 Å². The predicted octanol–water partition coefficient (Wildman–Crippen LogP) is 3.25. The van der Waals surface area contributed by atoms with Gasteiger partial charge in [0.25, 0.3) is 0 Å². The van der Waals surface area contributed by atoms with Gasteiger partial charge in [-0.15, -0.1) is 0 Å². The fourth-order valence-electron chi connectivity index (χ4n) is 1.97. The van der Waals surface area contributed by atoms with Crippen molar-refractivity contribution in [3.8, 4) is 5.69 Å². The Balaban J connectivity index is 1.94. The van der Waals surface area contributed by atoms with Crippen LogP contribution in [0.2, 0.25) is 0 Å². The molecule has 1 N–H and O–H groups in total. The number of halogens is 2. The number of hydrogen-bond donors (Lipinski definition) is 1. The molecule has 0 aliphatic carbocycles. The Bertz CT molecular complexity index is 761. The van der Waals surface area contributed by atoms with Crippen LogP contribution in [-0.4, -0.2) is 20.1 Å². The third-order valence-electron chi connectivity index (χ3n) is 3.03. The zero-order chi connectivity index (χ0) is 14.8. The van der Waals surface area contributed by atoms with E-state index in [0.29, 0.717) is 4.47 Å². The minimum absolute atomic E-state index is 0.157. The van der Waals surface area contributed by atoms with Gasteiger partial charge in [-0.2, -0.15) is 15.0 Å². The first-order chi connectivity index (χ1) is 10.1. The maximum Gasteiger partial charge on any atom is 0.129 e. The van der Waals surface area contributed by atoms with Gasteiger partial charge in [0.2, 0.25) is 0 Å². The highest BCUT2D eigenvalue weighted by molar-refractivity contribution is 9.10. The topological polar surface area (TPSA) is 50.9 Å². The van der Waals surface area contributed by atoms with Crippen molar-refractivity contribution in [2.24, 2.45) is 0 Å². The molecule has 1 aromatic heterocycles. The van der Waals surface area contributed by atoms with Crippen LogP contribution < -0.4 is 0 Å². The molecule has 4 nitrogen and oxygen atoms in total. The van der Waals surface area contributed by atoms with Crippen LogP contribution in [0.3, 0.4) is 0 Å². The van der Waals surface area contributed by atoms with Crippen LogP contribution in [0, 0.1) is 5.82 Å². The van der Waals surface area contributed by atoms with Crippen molar-refractivity contribution in [3.63, 3.8) is 0 Å². The van der Waals surface area contributed by atoms with Crippen LogP contribution >= 0.6 is 15.9 Å². The molecule has 106 valence electrons. The van der Waals surface area contributed by atoms with Crippen LogP contribution in [0.5, 0.6) is 0 Å². The number of para-hydroxylation sites is 1. The standard InChI is InChI=1S/C15H11BrFN3O/c16-10-6-7-13(17)12(8-10)15(21)14-9-18-20(19-14)11-4-2-1-3-5-11/h1-9,15,21H. The number of rotatable bonds is 3. The maximum absolute atomic E-state index is 13.8. The first kappa shape index (κ1) is 13.9. The average molecular weight is 348 g/mol. The number of benzene rings is 2. The molecule has 2 aromatic carbocycles. The first-order valence-corrected chi connectivity index (χ1v) is 7.05. The fraction of sp³-hybridized carbons (Fsp3) is 0.0667. The van der Waals surface area contributed by atoms with Crippen LogP contribution in [0.25, 0.3) is 5.69 Å². The van der Waals surface area contributed by atoms with Gasteiger partial charge < -0.3 is 5.11 Å². The molecule has 0 amide bonds. The monoisotopic (exact) mass is 347 g/mol. The summed E-state index contributed by atoms with van der Waals surface area (Å²) in [5.74, 6) is -0.486. The van der Waals surface area contributed by atoms with E-state index in [4.69, 9.17) is 0 Å². The second-order valence-corrected chi connectivity index (χ2v) is 5.38. The lowest BCUT2D eigenvalue weighted by Gasteiger charge is -2.09. The van der Waals surface area contributed by atoms with Crippen molar-refractivity contribution >= 4 is 15.9 Å². The van der Waals surface area contributed by atoms with E-state index in [1.807, 2.05) is 30.3 Å². The summed E-state index contributed by atoms with van der Waals surface area (Å²) in [6.45, 7) is 0. The maximum atomic E-state index is 13.8. The number of aliphatic hydroxyl groups excluding tert-OH is 1. The minimum atomic E-state index is -1.17. The van der Waals surface area contributed by atoms with E-state index in [1.165, 1.54) is 23.1 Å². The second kappa shape index (κ2) is 5.75. The Morgan fingerprint density at radius 1 is 1.14 bits per heavy atom. The molecule has 21 heavy (non-hydrogen) atoms. The van der Waals surface area contributed by atoms with E-state index in [0.717, 1.165) is 5.69 Å². The fourth-order valence-corrected chi connectivity index (χ4v) is 2.35. The van der Waals surface area contributed by atoms with Gasteiger partial charge in [0.05, 0.1) is 11.9 Å². The molecule has 0 saturated heterocycles. The number of nitrogens with zero attached hydrogens (tertiary/aromatic N) is 3. The molecule has 0 saturated carbocycles. The summed E-state index contributed by atoms with van der Waals surface area (Å²) in [7, 11) is 0. The highest BCUT2D eigenvalue weighted by atomic mass is 79.9. The summed E-state index contributed by atoms with van der Waals surface area (Å²) in [5, 5.41) is 18.6. The van der Waals surface area contributed by atoms with Crippen molar-refractivity contribution < 1.29 is 9.50 Å². The first-order valence-electron chi connectivity index (χ1n) is 6.26. The Kier molecular flexibility index (Phi) is 3.81. The normalized spacial score (nSPS) is 12.3. The van der Waals surface area contributed by atoms with Crippen molar-refractivity contribution in [1.82, 2.24) is 15.0 Å². The smallest absolute Gasteiger partial charge is 0.129 e. The summed E-state index contributed by atoms with van der Waals surface area (Å²) >= 11 is 3.26. The zero-order valence-corrected chi connectivity index (χ0v) is 12.4. The summed E-state index contributed by atoms with van der Waals surface area (Å²) in [6.07, 6.45) is 0.262. The molecule has 3 rings (SSSR count). The van der Waals surface area contributed by atoms with Crippen LogP contribution in [-0.2, 0) is 0 Å². The molecule has 0 spiro atoms. The molecule has 0 bridgehead atoms. The molecule has 0 aliphatic heterocycles. The molecule has 3 aromatic rings. The minimum Gasteiger partial charge on any atom is -0.382 e. The molecule has 1 heterocycles. The molecule has 1 atom stereocenters. The van der Waals surface area contributed by atoms with Crippen LogP contribution in [0.4, 0.5) is 4.39 Å². The molecular formula is C15H11BrFN3O. The molecule has 0 fully saturated rings. The van der Waals surface area contributed by atoms with Gasteiger partial charge in [0.1, 0.15) is 17.6 Å². The molecule has 6 heteroatoms. The lowest BCUT2D eigenvalue weighted by Crippen LogP contribution is -2.05. The third kappa shape index (κ3) is 2.86. The van der Waals surface area contributed by atoms with Gasteiger partial charge in [0.15, 0.2) is 0 Å². The zero-order valence-electron chi connectivity index (χ0n) is 10.8. The van der Waals surface area contributed by atoms with Crippen molar-refractivity contribution in [2.75, 3.05) is 0 Å². The summed E-state index contributed by atoms with van der Waals surface area (Å²) < 4.78 is 14.5. The van der Waals surface area contributed by atoms with Gasteiger partial charge in [0, 0.05) is 10.0 Å². The summed E-state index contributed by atoms with van der Waals surface area (Å²) in [6, 6.07) is 13.7. The Hall–Kier alpha value is -2.05. The SMILES string of the molecule is OC(c1cnn(-c2ccccc2)n1)c1cc(Br)ccc1F. The van der Waals surface area contributed by atoms with Crippen molar-refractivity contribution in [3.05, 3.63) is 76.3 Å². The van der Waals surface area contributed by atoms with Gasteiger partial charge in [-0.3, -0.25) is 0 Å². The lowest BCUT2D eigenvalue weighted by molar-refractivity contribution is 0.209. The number of hydrogen-bond acceptors (Lipinski definition) is 3. The van der Waals surface area contributed by atoms with Crippen molar-refractivity contribution in [1.29, 1.82) is 0 Å². The summed E-state index contributed by atoms with van der Waals surface area (Å²) in [4.78, 5) is 1.40. The van der Waals surface area contributed by atoms with Gasteiger partial charge >= 0.3 is 0 Å². The quantitative estimate of drug-likeness (QED) is 0.791. The Morgan fingerprint density at radius 2 is 1.90 bits per heavy atom. The molecular weight excluding hydrogens is 337 g/mol. The number of aromatic nitrogens is 3. The second-order valence-electron chi connectivity index (χ2n) is 4.46. The van der Waals surface area contributed by atoms with E-state index in [-0.39, 0.29) is 11.3 Å². The van der Waals surface area contributed by atoms with E-state index < -0.39 is 11.9 Å². The highest BCUT2D eigenvalue weighted by Gasteiger charge is 2.19. The Morgan fingerprint density at radius 3 is 2.67 bits per heavy atom. The van der Waals surface area contributed by atoms with Gasteiger partial charge in [-0.05, 0) is 30.3 Å². The summed E-state index contributed by atoms with van der Waals surface area (Å²) in [5.41, 5.74) is 1.21. The van der Waals surface area contributed by atoms with Gasteiger partial charge in [-0.25, -0.2) is 4.39 Å². The van der Waals surface area contributed by atoms with E-state index >= 15 is 0 Å². The van der Waals surface area contributed by atoms with E-state index in [2.05, 4.69) is 26.1 Å².